The molecular formula is C21H23N5O3S. The maximum atomic E-state index is 12.8. The standard InChI is InChI=1S/C21H23N5O3S/c1-15(27)17-3-7-20(22-14-17)24-30(28,29)18-5-6-19-16(13-18)4-8-21(23-19)26-11-9-25(2)10-12-26/h3-8,13-14H,9-12H2,1-2H3,(H,22,24). The summed E-state index contributed by atoms with van der Waals surface area (Å²) in [5, 5.41) is 0.746. The van der Waals surface area contributed by atoms with Crippen molar-refractivity contribution in [3.8, 4) is 0 Å². The predicted molar refractivity (Wildman–Crippen MR) is 117 cm³/mol. The summed E-state index contributed by atoms with van der Waals surface area (Å²) in [5.41, 5.74) is 1.17. The van der Waals surface area contributed by atoms with Crippen LogP contribution in [0.2, 0.25) is 0 Å². The molecule has 1 saturated heterocycles. The molecule has 1 N–H and O–H groups in total. The molecule has 1 aliphatic rings. The van der Waals surface area contributed by atoms with Crippen LogP contribution >= 0.6 is 0 Å². The maximum absolute atomic E-state index is 12.8. The fourth-order valence-electron chi connectivity index (χ4n) is 3.33. The zero-order valence-corrected chi connectivity index (χ0v) is 17.7. The van der Waals surface area contributed by atoms with Crippen LogP contribution in [0, 0.1) is 0 Å². The zero-order valence-electron chi connectivity index (χ0n) is 16.9. The van der Waals surface area contributed by atoms with Crippen molar-refractivity contribution in [2.75, 3.05) is 42.8 Å². The number of Topliss-reactive ketones (excluding diaryl/α,β-unsaturated/α-hetero) is 1. The molecule has 0 bridgehead atoms. The Kier molecular flexibility index (Phi) is 5.40. The fourth-order valence-corrected chi connectivity index (χ4v) is 4.37. The number of piperazine rings is 1. The van der Waals surface area contributed by atoms with Crippen LogP contribution in [0.1, 0.15) is 17.3 Å². The van der Waals surface area contributed by atoms with Gasteiger partial charge in [-0.1, -0.05) is 0 Å². The van der Waals surface area contributed by atoms with E-state index in [2.05, 4.69) is 26.6 Å². The second kappa shape index (κ2) is 8.00. The van der Waals surface area contributed by atoms with E-state index in [1.54, 1.807) is 12.1 Å². The van der Waals surface area contributed by atoms with Crippen LogP contribution in [0.15, 0.2) is 53.6 Å². The summed E-state index contributed by atoms with van der Waals surface area (Å²) in [6.07, 6.45) is 1.35. The van der Waals surface area contributed by atoms with Gasteiger partial charge in [-0.25, -0.2) is 18.4 Å². The number of pyridine rings is 2. The van der Waals surface area contributed by atoms with Crippen molar-refractivity contribution in [1.29, 1.82) is 0 Å². The second-order valence-electron chi connectivity index (χ2n) is 7.41. The fraction of sp³-hybridized carbons (Fsp3) is 0.286. The summed E-state index contributed by atoms with van der Waals surface area (Å²) in [6.45, 7) is 5.24. The molecule has 0 unspecified atom stereocenters. The van der Waals surface area contributed by atoms with Crippen molar-refractivity contribution in [2.24, 2.45) is 0 Å². The quantitative estimate of drug-likeness (QED) is 0.627. The molecule has 30 heavy (non-hydrogen) atoms. The molecule has 0 spiro atoms. The third-order valence-electron chi connectivity index (χ3n) is 5.19. The van der Waals surface area contributed by atoms with Crippen molar-refractivity contribution >= 4 is 38.3 Å². The molecule has 1 fully saturated rings. The van der Waals surface area contributed by atoms with Gasteiger partial charge < -0.3 is 9.80 Å². The zero-order chi connectivity index (χ0) is 21.3. The Hall–Kier alpha value is -3.04. The van der Waals surface area contributed by atoms with Gasteiger partial charge in [0.15, 0.2) is 5.78 Å². The number of hydrogen-bond donors (Lipinski definition) is 1. The van der Waals surface area contributed by atoms with Crippen molar-refractivity contribution in [2.45, 2.75) is 11.8 Å². The number of likely N-dealkylation sites (N-methyl/N-ethyl adjacent to an activating group) is 1. The molecule has 0 saturated carbocycles. The van der Waals surface area contributed by atoms with Gasteiger partial charge in [-0.3, -0.25) is 9.52 Å². The Morgan fingerprint density at radius 2 is 1.80 bits per heavy atom. The minimum absolute atomic E-state index is 0.126. The van der Waals surface area contributed by atoms with E-state index in [-0.39, 0.29) is 16.5 Å². The van der Waals surface area contributed by atoms with E-state index in [0.29, 0.717) is 5.56 Å². The van der Waals surface area contributed by atoms with Gasteiger partial charge in [0, 0.05) is 43.3 Å². The lowest BCUT2D eigenvalue weighted by Gasteiger charge is -2.33. The third-order valence-corrected chi connectivity index (χ3v) is 6.54. The molecule has 156 valence electrons. The third kappa shape index (κ3) is 4.27. The van der Waals surface area contributed by atoms with Crippen molar-refractivity contribution in [1.82, 2.24) is 14.9 Å². The van der Waals surface area contributed by atoms with E-state index < -0.39 is 10.0 Å². The van der Waals surface area contributed by atoms with Gasteiger partial charge in [-0.2, -0.15) is 0 Å². The van der Waals surface area contributed by atoms with Crippen LogP contribution in [-0.2, 0) is 10.0 Å². The summed E-state index contributed by atoms with van der Waals surface area (Å²) in [5.74, 6) is 0.928. The van der Waals surface area contributed by atoms with Crippen LogP contribution in [0.4, 0.5) is 11.6 Å². The molecule has 3 aromatic rings. The summed E-state index contributed by atoms with van der Waals surface area (Å²) in [6, 6.07) is 11.7. The Labute approximate surface area is 175 Å². The van der Waals surface area contributed by atoms with Gasteiger partial charge in [0.1, 0.15) is 11.6 Å². The van der Waals surface area contributed by atoms with Gasteiger partial charge in [-0.15, -0.1) is 0 Å². The normalized spacial score (nSPS) is 15.3. The Morgan fingerprint density at radius 3 is 2.47 bits per heavy atom. The molecule has 3 heterocycles. The van der Waals surface area contributed by atoms with Crippen LogP contribution in [-0.4, -0.2) is 62.3 Å². The van der Waals surface area contributed by atoms with Crippen molar-refractivity contribution < 1.29 is 13.2 Å². The Bertz CT molecular complexity index is 1190. The van der Waals surface area contributed by atoms with E-state index in [0.717, 1.165) is 42.9 Å². The lowest BCUT2D eigenvalue weighted by atomic mass is 10.2. The summed E-state index contributed by atoms with van der Waals surface area (Å²) in [7, 11) is -1.71. The van der Waals surface area contributed by atoms with Gasteiger partial charge in [-0.05, 0) is 56.4 Å². The number of ketones is 1. The first kappa shape index (κ1) is 20.2. The highest BCUT2D eigenvalue weighted by molar-refractivity contribution is 7.92. The van der Waals surface area contributed by atoms with Gasteiger partial charge >= 0.3 is 0 Å². The number of anilines is 2. The van der Waals surface area contributed by atoms with E-state index in [9.17, 15) is 13.2 Å². The minimum Gasteiger partial charge on any atom is -0.354 e. The highest BCUT2D eigenvalue weighted by Crippen LogP contribution is 2.23. The molecule has 1 aromatic carbocycles. The average Bonchev–Trinajstić information content (AvgIpc) is 2.73. The summed E-state index contributed by atoms with van der Waals surface area (Å²) >= 11 is 0. The number of rotatable bonds is 5. The lowest BCUT2D eigenvalue weighted by Crippen LogP contribution is -2.44. The SMILES string of the molecule is CC(=O)c1ccc(NS(=O)(=O)c2ccc3nc(N4CCN(C)CC4)ccc3c2)nc1. The number of benzene rings is 1. The van der Waals surface area contributed by atoms with Gasteiger partial charge in [0.2, 0.25) is 0 Å². The number of nitrogens with zero attached hydrogens (tertiary/aromatic N) is 4. The highest BCUT2D eigenvalue weighted by Gasteiger charge is 2.18. The molecule has 1 aliphatic heterocycles. The minimum atomic E-state index is -3.82. The maximum Gasteiger partial charge on any atom is 0.263 e. The van der Waals surface area contributed by atoms with E-state index in [1.807, 2.05) is 12.1 Å². The van der Waals surface area contributed by atoms with Gasteiger partial charge in [0.05, 0.1) is 10.4 Å². The predicted octanol–water partition coefficient (Wildman–Crippen LogP) is 2.39. The van der Waals surface area contributed by atoms with Gasteiger partial charge in [0.25, 0.3) is 10.0 Å². The second-order valence-corrected chi connectivity index (χ2v) is 9.09. The smallest absolute Gasteiger partial charge is 0.263 e. The molecule has 4 rings (SSSR count). The Balaban J connectivity index is 1.56. The molecule has 2 aromatic heterocycles. The van der Waals surface area contributed by atoms with E-state index in [1.165, 1.54) is 31.3 Å². The summed E-state index contributed by atoms with van der Waals surface area (Å²) < 4.78 is 28.0. The molecule has 0 radical (unpaired) electrons. The molecule has 0 atom stereocenters. The van der Waals surface area contributed by atoms with Crippen LogP contribution in [0.25, 0.3) is 10.9 Å². The van der Waals surface area contributed by atoms with Crippen molar-refractivity contribution in [3.05, 3.63) is 54.2 Å². The summed E-state index contributed by atoms with van der Waals surface area (Å²) in [4.78, 5) is 24.7. The molecule has 0 aliphatic carbocycles. The number of nitrogens with one attached hydrogen (secondary N) is 1. The van der Waals surface area contributed by atoms with Crippen LogP contribution in [0.5, 0.6) is 0 Å². The first-order chi connectivity index (χ1) is 14.3. The number of sulfonamides is 1. The molecular weight excluding hydrogens is 402 g/mol. The first-order valence-corrected chi connectivity index (χ1v) is 11.1. The average molecular weight is 426 g/mol. The number of fused-ring (bicyclic) bond motifs is 1. The van der Waals surface area contributed by atoms with E-state index >= 15 is 0 Å². The number of hydrogen-bond acceptors (Lipinski definition) is 7. The number of carbonyl (C=O) groups is 1. The number of carbonyl (C=O) groups excluding carboxylic acids is 1. The molecule has 0 amide bonds. The van der Waals surface area contributed by atoms with Crippen molar-refractivity contribution in [3.63, 3.8) is 0 Å². The van der Waals surface area contributed by atoms with Crippen LogP contribution in [0.3, 0.4) is 0 Å². The topological polar surface area (TPSA) is 95.5 Å². The first-order valence-electron chi connectivity index (χ1n) is 9.66. The molecule has 9 heteroatoms. The lowest BCUT2D eigenvalue weighted by molar-refractivity contribution is 0.101. The highest BCUT2D eigenvalue weighted by atomic mass is 32.2. The Morgan fingerprint density at radius 1 is 1.03 bits per heavy atom. The largest absolute Gasteiger partial charge is 0.354 e. The monoisotopic (exact) mass is 425 g/mol. The van der Waals surface area contributed by atoms with Crippen LogP contribution < -0.4 is 9.62 Å². The van der Waals surface area contributed by atoms with E-state index in [4.69, 9.17) is 4.98 Å². The molecule has 8 nitrogen and oxygen atoms in total. The number of aromatic nitrogens is 2.